The molecule has 0 saturated carbocycles. The first kappa shape index (κ1) is 10.8. The van der Waals surface area contributed by atoms with Crippen molar-refractivity contribution in [2.75, 3.05) is 0 Å². The van der Waals surface area contributed by atoms with Crippen LogP contribution in [0.15, 0.2) is 24.3 Å². The zero-order valence-corrected chi connectivity index (χ0v) is 10.5. The number of hydrogen-bond donors (Lipinski definition) is 0. The topological polar surface area (TPSA) is 30.7 Å². The minimum Gasteiger partial charge on any atom is -0.315 e. The van der Waals surface area contributed by atoms with Gasteiger partial charge in [-0.15, -0.1) is 10.2 Å². The molecule has 17 heavy (non-hydrogen) atoms. The lowest BCUT2D eigenvalue weighted by Gasteiger charge is -2.24. The van der Waals surface area contributed by atoms with Crippen molar-refractivity contribution in [2.24, 2.45) is 0 Å². The zero-order valence-electron chi connectivity index (χ0n) is 9.73. The third-order valence-electron chi connectivity index (χ3n) is 3.47. The molecule has 1 aromatic carbocycles. The van der Waals surface area contributed by atoms with Crippen molar-refractivity contribution in [1.82, 2.24) is 14.8 Å². The van der Waals surface area contributed by atoms with Gasteiger partial charge in [0.1, 0.15) is 11.6 Å². The van der Waals surface area contributed by atoms with E-state index in [4.69, 9.17) is 11.6 Å². The maximum absolute atomic E-state index is 5.91. The van der Waals surface area contributed by atoms with Crippen molar-refractivity contribution in [2.45, 2.75) is 32.2 Å². The van der Waals surface area contributed by atoms with Crippen molar-refractivity contribution in [3.05, 3.63) is 46.5 Å². The van der Waals surface area contributed by atoms with E-state index in [1.165, 1.54) is 5.56 Å². The summed E-state index contributed by atoms with van der Waals surface area (Å²) in [5.74, 6) is 2.68. The Bertz CT molecular complexity index is 530. The molecule has 0 spiro atoms. The van der Waals surface area contributed by atoms with Crippen LogP contribution in [0.25, 0.3) is 0 Å². The maximum Gasteiger partial charge on any atom is 0.133 e. The number of nitrogens with zero attached hydrogens (tertiary/aromatic N) is 3. The highest BCUT2D eigenvalue weighted by atomic mass is 35.5. The monoisotopic (exact) mass is 247 g/mol. The molecule has 0 amide bonds. The van der Waals surface area contributed by atoms with E-state index < -0.39 is 0 Å². The number of halogens is 1. The Balaban J connectivity index is 1.88. The predicted molar refractivity (Wildman–Crippen MR) is 67.3 cm³/mol. The van der Waals surface area contributed by atoms with Crippen molar-refractivity contribution >= 4 is 11.6 Å². The fourth-order valence-electron chi connectivity index (χ4n) is 2.47. The van der Waals surface area contributed by atoms with Gasteiger partial charge in [-0.3, -0.25) is 0 Å². The number of aromatic nitrogens is 3. The Labute approximate surface area is 105 Å². The maximum atomic E-state index is 5.91. The molecule has 1 aliphatic rings. The molecule has 1 aliphatic heterocycles. The van der Waals surface area contributed by atoms with Crippen LogP contribution in [-0.4, -0.2) is 14.8 Å². The van der Waals surface area contributed by atoms with Crippen molar-refractivity contribution in [3.8, 4) is 0 Å². The molecule has 0 fully saturated rings. The second-order valence-electron chi connectivity index (χ2n) is 4.56. The largest absolute Gasteiger partial charge is 0.315 e. The van der Waals surface area contributed by atoms with Crippen LogP contribution in [0.4, 0.5) is 0 Å². The smallest absolute Gasteiger partial charge is 0.133 e. The van der Waals surface area contributed by atoms with Gasteiger partial charge < -0.3 is 4.57 Å². The van der Waals surface area contributed by atoms with Crippen LogP contribution in [0.2, 0.25) is 5.02 Å². The first-order valence-electron chi connectivity index (χ1n) is 5.88. The van der Waals surface area contributed by atoms with E-state index in [0.717, 1.165) is 36.1 Å². The van der Waals surface area contributed by atoms with Crippen molar-refractivity contribution in [1.29, 1.82) is 0 Å². The molecule has 1 unspecified atom stereocenters. The predicted octanol–water partition coefficient (Wildman–Crippen LogP) is 2.97. The summed E-state index contributed by atoms with van der Waals surface area (Å²) < 4.78 is 2.22. The number of hydrogen-bond acceptors (Lipinski definition) is 2. The van der Waals surface area contributed by atoms with E-state index in [0.29, 0.717) is 5.92 Å². The molecule has 1 atom stereocenters. The van der Waals surface area contributed by atoms with Gasteiger partial charge in [0.25, 0.3) is 0 Å². The highest BCUT2D eigenvalue weighted by Gasteiger charge is 2.22. The molecule has 0 N–H and O–H groups in total. The lowest BCUT2D eigenvalue weighted by atomic mass is 9.91. The normalized spacial score (nSPS) is 19.1. The summed E-state index contributed by atoms with van der Waals surface area (Å²) in [6.07, 6.45) is 2.15. The van der Waals surface area contributed by atoms with Gasteiger partial charge in [0.2, 0.25) is 0 Å². The molecular formula is C13H14ClN3. The SMILES string of the molecule is Cc1nnc2n1CC(c1ccc(Cl)cc1)CC2. The third-order valence-corrected chi connectivity index (χ3v) is 3.73. The van der Waals surface area contributed by atoms with Gasteiger partial charge >= 0.3 is 0 Å². The summed E-state index contributed by atoms with van der Waals surface area (Å²) in [5.41, 5.74) is 1.35. The van der Waals surface area contributed by atoms with Crippen LogP contribution in [0.5, 0.6) is 0 Å². The van der Waals surface area contributed by atoms with Crippen molar-refractivity contribution < 1.29 is 0 Å². The summed E-state index contributed by atoms with van der Waals surface area (Å²) >= 11 is 5.91. The van der Waals surface area contributed by atoms with Gasteiger partial charge in [-0.05, 0) is 31.0 Å². The summed E-state index contributed by atoms with van der Waals surface area (Å²) in [6, 6.07) is 8.17. The Kier molecular flexibility index (Phi) is 2.63. The fraction of sp³-hybridized carbons (Fsp3) is 0.385. The Morgan fingerprint density at radius 1 is 1.24 bits per heavy atom. The van der Waals surface area contributed by atoms with Gasteiger partial charge in [0, 0.05) is 23.9 Å². The molecule has 3 rings (SSSR count). The zero-order chi connectivity index (χ0) is 11.8. The minimum atomic E-state index is 0.550. The van der Waals surface area contributed by atoms with E-state index in [9.17, 15) is 0 Å². The van der Waals surface area contributed by atoms with Crippen LogP contribution in [0.3, 0.4) is 0 Å². The van der Waals surface area contributed by atoms with Gasteiger partial charge in [0.15, 0.2) is 0 Å². The molecular weight excluding hydrogens is 234 g/mol. The Morgan fingerprint density at radius 2 is 2.00 bits per heavy atom. The van der Waals surface area contributed by atoms with Crippen LogP contribution in [0.1, 0.15) is 29.6 Å². The van der Waals surface area contributed by atoms with Crippen LogP contribution in [-0.2, 0) is 13.0 Å². The van der Waals surface area contributed by atoms with Gasteiger partial charge in [-0.2, -0.15) is 0 Å². The van der Waals surface area contributed by atoms with Crippen LogP contribution in [0, 0.1) is 6.92 Å². The molecule has 0 aliphatic carbocycles. The Hall–Kier alpha value is -1.35. The van der Waals surface area contributed by atoms with Crippen molar-refractivity contribution in [3.63, 3.8) is 0 Å². The second kappa shape index (κ2) is 4.15. The van der Waals surface area contributed by atoms with Crippen LogP contribution < -0.4 is 0 Å². The first-order valence-corrected chi connectivity index (χ1v) is 6.26. The van der Waals surface area contributed by atoms with Gasteiger partial charge in [0.05, 0.1) is 0 Å². The quantitative estimate of drug-likeness (QED) is 0.776. The molecule has 0 saturated heterocycles. The molecule has 2 heterocycles. The molecule has 3 nitrogen and oxygen atoms in total. The average molecular weight is 248 g/mol. The molecule has 2 aromatic rings. The van der Waals surface area contributed by atoms with E-state index in [1.807, 2.05) is 19.1 Å². The third kappa shape index (κ3) is 1.95. The lowest BCUT2D eigenvalue weighted by molar-refractivity contribution is 0.450. The van der Waals surface area contributed by atoms with E-state index >= 15 is 0 Å². The second-order valence-corrected chi connectivity index (χ2v) is 5.00. The van der Waals surface area contributed by atoms with Crippen LogP contribution >= 0.6 is 11.6 Å². The lowest BCUT2D eigenvalue weighted by Crippen LogP contribution is -2.19. The Morgan fingerprint density at radius 3 is 2.76 bits per heavy atom. The molecule has 88 valence electrons. The average Bonchev–Trinajstić information content (AvgIpc) is 2.72. The molecule has 4 heteroatoms. The van der Waals surface area contributed by atoms with E-state index in [1.54, 1.807) is 0 Å². The molecule has 0 radical (unpaired) electrons. The number of rotatable bonds is 1. The summed E-state index contributed by atoms with van der Waals surface area (Å²) in [6.45, 7) is 3.00. The minimum absolute atomic E-state index is 0.550. The summed E-state index contributed by atoms with van der Waals surface area (Å²) in [7, 11) is 0. The summed E-state index contributed by atoms with van der Waals surface area (Å²) in [5, 5.41) is 9.12. The first-order chi connectivity index (χ1) is 8.24. The fourth-order valence-corrected chi connectivity index (χ4v) is 2.60. The van der Waals surface area contributed by atoms with E-state index in [2.05, 4.69) is 26.9 Å². The van der Waals surface area contributed by atoms with E-state index in [-0.39, 0.29) is 0 Å². The standard InChI is InChI=1S/C13H14ClN3/c1-9-15-16-13-7-4-11(8-17(9)13)10-2-5-12(14)6-3-10/h2-3,5-6,11H,4,7-8H2,1H3. The number of aryl methyl sites for hydroxylation is 2. The van der Waals surface area contributed by atoms with Gasteiger partial charge in [-0.1, -0.05) is 23.7 Å². The summed E-state index contributed by atoms with van der Waals surface area (Å²) in [4.78, 5) is 0. The highest BCUT2D eigenvalue weighted by Crippen LogP contribution is 2.29. The molecule has 0 bridgehead atoms. The van der Waals surface area contributed by atoms with Gasteiger partial charge in [-0.25, -0.2) is 0 Å². The number of benzene rings is 1. The number of fused-ring (bicyclic) bond motifs is 1. The molecule has 1 aromatic heterocycles. The highest BCUT2D eigenvalue weighted by molar-refractivity contribution is 6.30.